The van der Waals surface area contributed by atoms with Gasteiger partial charge >= 0.3 is 4.36 Å². The summed E-state index contributed by atoms with van der Waals surface area (Å²) in [7, 11) is 0. The molecule has 0 N–H and O–H groups in total. The number of benzene rings is 1. The molecule has 0 unspecified atom stereocenters. The molecule has 0 aliphatic rings. The van der Waals surface area contributed by atoms with E-state index in [4.69, 9.17) is 0 Å². The van der Waals surface area contributed by atoms with Crippen molar-refractivity contribution in [2.24, 2.45) is 0 Å². The van der Waals surface area contributed by atoms with Crippen LogP contribution in [0, 0.1) is 0 Å². The molecule has 0 heterocycles. The molecular formula is C10H13BBr2. The van der Waals surface area contributed by atoms with E-state index in [1.54, 1.807) is 0 Å². The maximum atomic E-state index is 3.54. The zero-order valence-corrected chi connectivity index (χ0v) is 11.3. The Morgan fingerprint density at radius 3 is 2.00 bits per heavy atom. The summed E-state index contributed by atoms with van der Waals surface area (Å²) in [4.78, 5) is 0. The fourth-order valence-corrected chi connectivity index (χ4v) is 2.17. The SMILES string of the molecule is CC(C)(C)c1ccccc1B(Br)Br. The molecule has 0 spiro atoms. The van der Waals surface area contributed by atoms with Crippen molar-refractivity contribution in [2.45, 2.75) is 26.2 Å². The van der Waals surface area contributed by atoms with E-state index in [9.17, 15) is 0 Å². The highest BCUT2D eigenvalue weighted by atomic mass is 79.9. The van der Waals surface area contributed by atoms with Crippen LogP contribution < -0.4 is 5.46 Å². The molecule has 0 aliphatic carbocycles. The van der Waals surface area contributed by atoms with Crippen LogP contribution in [0.3, 0.4) is 0 Å². The molecule has 0 aromatic heterocycles. The molecule has 0 aliphatic heterocycles. The molecule has 0 saturated heterocycles. The monoisotopic (exact) mass is 302 g/mol. The van der Waals surface area contributed by atoms with Gasteiger partial charge in [-0.1, -0.05) is 50.5 Å². The van der Waals surface area contributed by atoms with E-state index >= 15 is 0 Å². The van der Waals surface area contributed by atoms with E-state index in [0.29, 0.717) is 0 Å². The third kappa shape index (κ3) is 2.85. The summed E-state index contributed by atoms with van der Waals surface area (Å²) in [6.45, 7) is 6.69. The lowest BCUT2D eigenvalue weighted by Gasteiger charge is -2.22. The van der Waals surface area contributed by atoms with Crippen molar-refractivity contribution in [1.29, 1.82) is 0 Å². The largest absolute Gasteiger partial charge is 0.329 e. The lowest BCUT2D eigenvalue weighted by atomic mass is 9.77. The second kappa shape index (κ2) is 4.18. The van der Waals surface area contributed by atoms with Crippen molar-refractivity contribution in [3.63, 3.8) is 0 Å². The highest BCUT2D eigenvalue weighted by Crippen LogP contribution is 2.22. The Hall–Kier alpha value is 0.245. The van der Waals surface area contributed by atoms with Gasteiger partial charge in [0.2, 0.25) is 0 Å². The molecule has 0 saturated carbocycles. The predicted molar refractivity (Wildman–Crippen MR) is 68.4 cm³/mol. The van der Waals surface area contributed by atoms with Gasteiger partial charge in [0.25, 0.3) is 0 Å². The van der Waals surface area contributed by atoms with Crippen molar-refractivity contribution in [2.75, 3.05) is 0 Å². The minimum atomic E-state index is 0.205. The minimum absolute atomic E-state index is 0.205. The van der Waals surface area contributed by atoms with Gasteiger partial charge in [0, 0.05) is 0 Å². The molecule has 1 aromatic carbocycles. The Morgan fingerprint density at radius 1 is 1.08 bits per heavy atom. The summed E-state index contributed by atoms with van der Waals surface area (Å²) in [5.41, 5.74) is 2.90. The van der Waals surface area contributed by atoms with Crippen LogP contribution in [-0.4, -0.2) is 4.36 Å². The van der Waals surface area contributed by atoms with E-state index in [1.165, 1.54) is 11.0 Å². The van der Waals surface area contributed by atoms with E-state index in [0.717, 1.165) is 0 Å². The van der Waals surface area contributed by atoms with Gasteiger partial charge in [-0.25, -0.2) is 0 Å². The quantitative estimate of drug-likeness (QED) is 0.697. The highest BCUT2D eigenvalue weighted by molar-refractivity contribution is 9.49. The Labute approximate surface area is 97.1 Å². The summed E-state index contributed by atoms with van der Waals surface area (Å²) in [6.07, 6.45) is 0. The Morgan fingerprint density at radius 2 is 1.62 bits per heavy atom. The van der Waals surface area contributed by atoms with Gasteiger partial charge in [-0.2, -0.15) is 0 Å². The molecular weight excluding hydrogens is 291 g/mol. The van der Waals surface area contributed by atoms with E-state index in [2.05, 4.69) is 76.6 Å². The fourth-order valence-electron chi connectivity index (χ4n) is 1.37. The van der Waals surface area contributed by atoms with Crippen LogP contribution in [0.25, 0.3) is 0 Å². The topological polar surface area (TPSA) is 0 Å². The Bertz CT molecular complexity index is 289. The molecule has 3 heteroatoms. The lowest BCUT2D eigenvalue weighted by molar-refractivity contribution is 0.594. The summed E-state index contributed by atoms with van der Waals surface area (Å²) in [5.74, 6) is 0. The zero-order chi connectivity index (χ0) is 10.1. The second-order valence-corrected chi connectivity index (χ2v) is 7.20. The molecule has 0 fully saturated rings. The lowest BCUT2D eigenvalue weighted by Crippen LogP contribution is -2.29. The van der Waals surface area contributed by atoms with E-state index < -0.39 is 0 Å². The molecule has 0 amide bonds. The summed E-state index contributed by atoms with van der Waals surface area (Å²) in [5, 5.41) is 0. The van der Waals surface area contributed by atoms with Crippen LogP contribution in [0.1, 0.15) is 26.3 Å². The Balaban J connectivity index is 3.20. The van der Waals surface area contributed by atoms with Crippen LogP contribution in [0.4, 0.5) is 0 Å². The maximum absolute atomic E-state index is 3.54. The molecule has 1 aromatic rings. The number of hydrogen-bond donors (Lipinski definition) is 0. The van der Waals surface area contributed by atoms with E-state index in [1.807, 2.05) is 0 Å². The number of hydrogen-bond acceptors (Lipinski definition) is 0. The van der Waals surface area contributed by atoms with Crippen molar-refractivity contribution >= 4 is 41.3 Å². The van der Waals surface area contributed by atoms with Crippen molar-refractivity contribution in [3.8, 4) is 0 Å². The second-order valence-electron chi connectivity index (χ2n) is 4.14. The normalized spacial score (nSPS) is 11.5. The molecule has 1 rings (SSSR count). The molecule has 0 atom stereocenters. The Kier molecular flexibility index (Phi) is 3.64. The minimum Gasteiger partial charge on any atom is -0.132 e. The first-order valence-electron chi connectivity index (χ1n) is 4.30. The molecule has 70 valence electrons. The van der Waals surface area contributed by atoms with Crippen molar-refractivity contribution < 1.29 is 0 Å². The maximum Gasteiger partial charge on any atom is 0.329 e. The van der Waals surface area contributed by atoms with Gasteiger partial charge in [0.1, 0.15) is 0 Å². The smallest absolute Gasteiger partial charge is 0.132 e. The first kappa shape index (κ1) is 11.3. The summed E-state index contributed by atoms with van der Waals surface area (Å²) < 4.78 is 0.246. The van der Waals surface area contributed by atoms with Gasteiger partial charge in [0.05, 0.1) is 0 Å². The molecule has 0 radical (unpaired) electrons. The average molecular weight is 304 g/mol. The van der Waals surface area contributed by atoms with Crippen LogP contribution in [0.5, 0.6) is 0 Å². The fraction of sp³-hybridized carbons (Fsp3) is 0.400. The van der Waals surface area contributed by atoms with Gasteiger partial charge in [-0.3, -0.25) is 0 Å². The number of rotatable bonds is 1. The average Bonchev–Trinajstić information content (AvgIpc) is 2.03. The first-order chi connectivity index (χ1) is 5.93. The van der Waals surface area contributed by atoms with Crippen LogP contribution in [0.15, 0.2) is 24.3 Å². The van der Waals surface area contributed by atoms with Gasteiger partial charge in [0.15, 0.2) is 0 Å². The van der Waals surface area contributed by atoms with Crippen LogP contribution in [0.2, 0.25) is 0 Å². The van der Waals surface area contributed by atoms with Crippen molar-refractivity contribution in [1.82, 2.24) is 0 Å². The summed E-state index contributed by atoms with van der Waals surface area (Å²) in [6, 6.07) is 8.49. The molecule has 0 nitrogen and oxygen atoms in total. The van der Waals surface area contributed by atoms with Gasteiger partial charge in [-0.05, 0) is 11.0 Å². The highest BCUT2D eigenvalue weighted by Gasteiger charge is 2.21. The summed E-state index contributed by atoms with van der Waals surface area (Å²) >= 11 is 7.08. The van der Waals surface area contributed by atoms with Crippen LogP contribution in [-0.2, 0) is 5.41 Å². The number of halogens is 2. The zero-order valence-electron chi connectivity index (χ0n) is 8.14. The van der Waals surface area contributed by atoms with Gasteiger partial charge in [-0.15, -0.1) is 31.5 Å². The molecule has 0 bridgehead atoms. The molecule has 13 heavy (non-hydrogen) atoms. The predicted octanol–water partition coefficient (Wildman–Crippen LogP) is 3.47. The first-order valence-corrected chi connectivity index (χ1v) is 6.13. The third-order valence-corrected chi connectivity index (χ3v) is 2.99. The third-order valence-electron chi connectivity index (χ3n) is 2.00. The van der Waals surface area contributed by atoms with Crippen LogP contribution >= 0.6 is 31.5 Å². The van der Waals surface area contributed by atoms with Crippen molar-refractivity contribution in [3.05, 3.63) is 29.8 Å². The standard InChI is InChI=1S/C10H13BBr2/c1-10(2,3)8-6-4-5-7-9(8)11(12)13/h4-7H,1-3H3. The van der Waals surface area contributed by atoms with E-state index in [-0.39, 0.29) is 9.78 Å². The van der Waals surface area contributed by atoms with Gasteiger partial charge < -0.3 is 0 Å².